The number of fused-ring (bicyclic) bond motifs is 1. The van der Waals surface area contributed by atoms with Crippen molar-refractivity contribution in [1.29, 1.82) is 0 Å². The van der Waals surface area contributed by atoms with E-state index in [1.807, 2.05) is 25.1 Å². The van der Waals surface area contributed by atoms with Gasteiger partial charge in [-0.15, -0.1) is 0 Å². The monoisotopic (exact) mass is 316 g/mol. The normalized spacial score (nSPS) is 10.6. The van der Waals surface area contributed by atoms with Crippen LogP contribution in [0, 0.1) is 5.82 Å². The molecule has 4 nitrogen and oxygen atoms in total. The molecule has 1 heterocycles. The van der Waals surface area contributed by atoms with Crippen molar-refractivity contribution < 1.29 is 13.9 Å². The summed E-state index contributed by atoms with van der Waals surface area (Å²) in [7, 11) is 0. The number of ether oxygens (including phenoxy) is 1. The second-order valence-corrected chi connectivity index (χ2v) is 5.55. The number of rotatable bonds is 4. The Kier molecular flexibility index (Phi) is 4.02. The highest BCUT2D eigenvalue weighted by atomic mass is 32.1. The van der Waals surface area contributed by atoms with Gasteiger partial charge in [0.1, 0.15) is 11.6 Å². The molecule has 0 atom stereocenters. The maximum atomic E-state index is 13.6. The maximum absolute atomic E-state index is 13.6. The van der Waals surface area contributed by atoms with Crippen LogP contribution in [0.1, 0.15) is 17.3 Å². The molecule has 0 saturated heterocycles. The van der Waals surface area contributed by atoms with E-state index in [4.69, 9.17) is 4.74 Å². The summed E-state index contributed by atoms with van der Waals surface area (Å²) < 4.78 is 19.9. The van der Waals surface area contributed by atoms with Gasteiger partial charge >= 0.3 is 0 Å². The number of nitrogens with zero attached hydrogens (tertiary/aromatic N) is 1. The molecular weight excluding hydrogens is 303 g/mol. The van der Waals surface area contributed by atoms with E-state index in [1.165, 1.54) is 23.5 Å². The molecule has 0 aliphatic rings. The van der Waals surface area contributed by atoms with Crippen molar-refractivity contribution in [3.63, 3.8) is 0 Å². The minimum atomic E-state index is -0.556. The van der Waals surface area contributed by atoms with E-state index in [0.717, 1.165) is 16.0 Å². The zero-order chi connectivity index (χ0) is 15.5. The summed E-state index contributed by atoms with van der Waals surface area (Å²) in [5, 5.41) is 3.06. The molecule has 3 rings (SSSR count). The molecule has 0 aliphatic heterocycles. The van der Waals surface area contributed by atoms with Gasteiger partial charge in [0.05, 0.1) is 22.4 Å². The van der Waals surface area contributed by atoms with E-state index in [0.29, 0.717) is 11.7 Å². The molecule has 6 heteroatoms. The van der Waals surface area contributed by atoms with Crippen molar-refractivity contribution in [3.05, 3.63) is 53.8 Å². The largest absolute Gasteiger partial charge is 0.494 e. The summed E-state index contributed by atoms with van der Waals surface area (Å²) in [4.78, 5) is 16.4. The van der Waals surface area contributed by atoms with Gasteiger partial charge in [-0.05, 0) is 37.3 Å². The lowest BCUT2D eigenvalue weighted by Crippen LogP contribution is -2.13. The third-order valence-corrected chi connectivity index (χ3v) is 3.94. The Balaban J connectivity index is 1.85. The fraction of sp³-hybridized carbons (Fsp3) is 0.125. The zero-order valence-corrected chi connectivity index (χ0v) is 12.6. The number of carbonyl (C=O) groups excluding carboxylic acids is 1. The molecule has 0 unspecified atom stereocenters. The van der Waals surface area contributed by atoms with Gasteiger partial charge in [-0.1, -0.05) is 23.5 Å². The van der Waals surface area contributed by atoms with Gasteiger partial charge in [0.15, 0.2) is 5.13 Å². The molecule has 0 spiro atoms. The average molecular weight is 316 g/mol. The standard InChI is InChI=1S/C16H13FN2O2S/c1-2-21-10-7-8-13-14(9-10)22-16(18-13)19-15(20)11-5-3-4-6-12(11)17/h3-9H,2H2,1H3,(H,18,19,20). The van der Waals surface area contributed by atoms with E-state index in [9.17, 15) is 9.18 Å². The zero-order valence-electron chi connectivity index (χ0n) is 11.8. The van der Waals surface area contributed by atoms with E-state index in [2.05, 4.69) is 10.3 Å². The third-order valence-electron chi connectivity index (χ3n) is 3.01. The minimum Gasteiger partial charge on any atom is -0.494 e. The molecule has 3 aromatic rings. The number of nitrogens with one attached hydrogen (secondary N) is 1. The van der Waals surface area contributed by atoms with Crippen molar-refractivity contribution >= 4 is 32.6 Å². The number of hydrogen-bond acceptors (Lipinski definition) is 4. The van der Waals surface area contributed by atoms with Crippen LogP contribution in [-0.2, 0) is 0 Å². The van der Waals surface area contributed by atoms with Crippen LogP contribution in [-0.4, -0.2) is 17.5 Å². The molecule has 1 amide bonds. The van der Waals surface area contributed by atoms with Crippen LogP contribution in [0.3, 0.4) is 0 Å². The van der Waals surface area contributed by atoms with Crippen LogP contribution in [0.4, 0.5) is 9.52 Å². The second-order valence-electron chi connectivity index (χ2n) is 4.52. The van der Waals surface area contributed by atoms with Crippen molar-refractivity contribution in [2.75, 3.05) is 11.9 Å². The Morgan fingerprint density at radius 1 is 1.32 bits per heavy atom. The topological polar surface area (TPSA) is 51.2 Å². The smallest absolute Gasteiger partial charge is 0.260 e. The van der Waals surface area contributed by atoms with Gasteiger partial charge in [0.25, 0.3) is 5.91 Å². The number of thiazole rings is 1. The van der Waals surface area contributed by atoms with Crippen LogP contribution in [0.15, 0.2) is 42.5 Å². The predicted molar refractivity (Wildman–Crippen MR) is 85.1 cm³/mol. The van der Waals surface area contributed by atoms with Gasteiger partial charge in [-0.25, -0.2) is 9.37 Å². The number of anilines is 1. The van der Waals surface area contributed by atoms with Gasteiger partial charge in [0.2, 0.25) is 0 Å². The summed E-state index contributed by atoms with van der Waals surface area (Å²) >= 11 is 1.32. The maximum Gasteiger partial charge on any atom is 0.260 e. The van der Waals surface area contributed by atoms with Crippen LogP contribution in [0.2, 0.25) is 0 Å². The first-order valence-electron chi connectivity index (χ1n) is 6.76. The van der Waals surface area contributed by atoms with E-state index in [-0.39, 0.29) is 5.56 Å². The number of benzene rings is 2. The molecule has 0 fully saturated rings. The van der Waals surface area contributed by atoms with Gasteiger partial charge in [0, 0.05) is 0 Å². The Morgan fingerprint density at radius 3 is 2.91 bits per heavy atom. The average Bonchev–Trinajstić information content (AvgIpc) is 2.89. The van der Waals surface area contributed by atoms with E-state index < -0.39 is 11.7 Å². The fourth-order valence-electron chi connectivity index (χ4n) is 2.02. The van der Waals surface area contributed by atoms with Gasteiger partial charge < -0.3 is 4.74 Å². The number of amides is 1. The molecule has 0 saturated carbocycles. The van der Waals surface area contributed by atoms with Crippen molar-refractivity contribution in [2.45, 2.75) is 6.92 Å². The quantitative estimate of drug-likeness (QED) is 0.789. The highest BCUT2D eigenvalue weighted by Gasteiger charge is 2.13. The SMILES string of the molecule is CCOc1ccc2nc(NC(=O)c3ccccc3F)sc2c1. The molecule has 0 aliphatic carbocycles. The number of carbonyl (C=O) groups is 1. The summed E-state index contributed by atoms with van der Waals surface area (Å²) in [6, 6.07) is 11.4. The highest BCUT2D eigenvalue weighted by molar-refractivity contribution is 7.22. The molecule has 112 valence electrons. The summed E-state index contributed by atoms with van der Waals surface area (Å²) in [5.41, 5.74) is 0.758. The molecule has 1 aromatic heterocycles. The van der Waals surface area contributed by atoms with Gasteiger partial charge in [-0.2, -0.15) is 0 Å². The number of hydrogen-bond donors (Lipinski definition) is 1. The predicted octanol–water partition coefficient (Wildman–Crippen LogP) is 4.09. The minimum absolute atomic E-state index is 0.00300. The Labute approximate surface area is 130 Å². The lowest BCUT2D eigenvalue weighted by molar-refractivity contribution is 0.102. The van der Waals surface area contributed by atoms with Crippen molar-refractivity contribution in [1.82, 2.24) is 4.98 Å². The first-order valence-corrected chi connectivity index (χ1v) is 7.58. The Bertz CT molecular complexity index is 832. The molecule has 2 aromatic carbocycles. The summed E-state index contributed by atoms with van der Waals surface area (Å²) in [5.74, 6) is -0.312. The molecule has 0 bridgehead atoms. The van der Waals surface area contributed by atoms with Crippen molar-refractivity contribution in [2.24, 2.45) is 0 Å². The number of aromatic nitrogens is 1. The highest BCUT2D eigenvalue weighted by Crippen LogP contribution is 2.29. The first kappa shape index (κ1) is 14.5. The molecule has 1 N–H and O–H groups in total. The van der Waals surface area contributed by atoms with Crippen molar-refractivity contribution in [3.8, 4) is 5.75 Å². The van der Waals surface area contributed by atoms with Crippen LogP contribution in [0.5, 0.6) is 5.75 Å². The molecule has 0 radical (unpaired) electrons. The lowest BCUT2D eigenvalue weighted by atomic mass is 10.2. The Morgan fingerprint density at radius 2 is 2.14 bits per heavy atom. The van der Waals surface area contributed by atoms with Gasteiger partial charge in [-0.3, -0.25) is 10.1 Å². The Hall–Kier alpha value is -2.47. The molecular formula is C16H13FN2O2S. The summed E-state index contributed by atoms with van der Waals surface area (Å²) in [6.07, 6.45) is 0. The molecule has 22 heavy (non-hydrogen) atoms. The van der Waals surface area contributed by atoms with E-state index >= 15 is 0 Å². The summed E-state index contributed by atoms with van der Waals surface area (Å²) in [6.45, 7) is 2.50. The van der Waals surface area contributed by atoms with Crippen LogP contribution < -0.4 is 10.1 Å². The number of halogens is 1. The second kappa shape index (κ2) is 6.11. The first-order chi connectivity index (χ1) is 10.7. The van der Waals surface area contributed by atoms with Crippen LogP contribution >= 0.6 is 11.3 Å². The fourth-order valence-corrected chi connectivity index (χ4v) is 2.91. The third kappa shape index (κ3) is 2.92. The lowest BCUT2D eigenvalue weighted by Gasteiger charge is -2.02. The van der Waals surface area contributed by atoms with Crippen LogP contribution in [0.25, 0.3) is 10.2 Å². The van der Waals surface area contributed by atoms with E-state index in [1.54, 1.807) is 12.1 Å².